The Hall–Kier alpha value is -2.07. The van der Waals surface area contributed by atoms with E-state index in [1.807, 2.05) is 0 Å². The van der Waals surface area contributed by atoms with E-state index in [-0.39, 0.29) is 5.92 Å². The molecular formula is C19H21N. The zero-order chi connectivity index (χ0) is 14.7. The Balaban J connectivity index is 2.37. The summed E-state index contributed by atoms with van der Waals surface area (Å²) in [6.07, 6.45) is 0.786. The largest absolute Gasteiger partial charge is 0.198 e. The quantitative estimate of drug-likeness (QED) is 0.782. The lowest BCUT2D eigenvalue weighted by Crippen LogP contribution is -2.04. The van der Waals surface area contributed by atoms with Crippen molar-refractivity contribution in [1.82, 2.24) is 0 Å². The summed E-state index contributed by atoms with van der Waals surface area (Å²) in [6, 6.07) is 15.3. The molecular weight excluding hydrogens is 242 g/mol. The second kappa shape index (κ2) is 5.92. The highest BCUT2D eigenvalue weighted by atomic mass is 14.3. The van der Waals surface area contributed by atoms with Gasteiger partial charge in [-0.15, -0.1) is 0 Å². The van der Waals surface area contributed by atoms with Crippen LogP contribution in [0.1, 0.15) is 39.3 Å². The molecule has 0 saturated carbocycles. The maximum absolute atomic E-state index is 9.57. The van der Waals surface area contributed by atoms with Crippen molar-refractivity contribution in [3.05, 3.63) is 69.8 Å². The Morgan fingerprint density at radius 1 is 0.900 bits per heavy atom. The molecule has 0 aliphatic rings. The highest BCUT2D eigenvalue weighted by molar-refractivity contribution is 5.39. The number of hydrogen-bond donors (Lipinski definition) is 0. The van der Waals surface area contributed by atoms with Crippen LogP contribution >= 0.6 is 0 Å². The number of nitriles is 1. The summed E-state index contributed by atoms with van der Waals surface area (Å²) in [7, 11) is 0. The molecule has 2 rings (SSSR count). The summed E-state index contributed by atoms with van der Waals surface area (Å²) < 4.78 is 0. The van der Waals surface area contributed by atoms with E-state index in [0.29, 0.717) is 0 Å². The third kappa shape index (κ3) is 3.08. The average molecular weight is 263 g/mol. The van der Waals surface area contributed by atoms with Crippen molar-refractivity contribution in [2.75, 3.05) is 0 Å². The minimum absolute atomic E-state index is 0.0737. The van der Waals surface area contributed by atoms with E-state index < -0.39 is 0 Å². The second-order valence-electron chi connectivity index (χ2n) is 5.68. The topological polar surface area (TPSA) is 23.8 Å². The Bertz CT molecular complexity index is 662. The van der Waals surface area contributed by atoms with Crippen LogP contribution in [-0.4, -0.2) is 0 Å². The first-order chi connectivity index (χ1) is 9.51. The summed E-state index contributed by atoms with van der Waals surface area (Å²) in [4.78, 5) is 0. The van der Waals surface area contributed by atoms with Crippen molar-refractivity contribution in [3.8, 4) is 6.07 Å². The molecule has 0 heterocycles. The van der Waals surface area contributed by atoms with E-state index in [1.54, 1.807) is 0 Å². The third-order valence-corrected chi connectivity index (χ3v) is 3.89. The van der Waals surface area contributed by atoms with Crippen molar-refractivity contribution in [2.45, 2.75) is 40.0 Å². The van der Waals surface area contributed by atoms with Gasteiger partial charge in [-0.25, -0.2) is 0 Å². The second-order valence-corrected chi connectivity index (χ2v) is 5.68. The van der Waals surface area contributed by atoms with Crippen molar-refractivity contribution < 1.29 is 0 Å². The Kier molecular flexibility index (Phi) is 4.25. The number of nitrogens with zero attached hydrogens (tertiary/aromatic N) is 1. The van der Waals surface area contributed by atoms with Gasteiger partial charge in [0.1, 0.15) is 0 Å². The molecule has 0 bridgehead atoms. The van der Waals surface area contributed by atoms with Crippen LogP contribution in [0, 0.1) is 39.0 Å². The molecule has 0 spiro atoms. The van der Waals surface area contributed by atoms with Crippen molar-refractivity contribution in [2.24, 2.45) is 0 Å². The van der Waals surface area contributed by atoms with Gasteiger partial charge in [0, 0.05) is 0 Å². The van der Waals surface area contributed by atoms with Gasteiger partial charge in [0.25, 0.3) is 0 Å². The summed E-state index contributed by atoms with van der Waals surface area (Å²) in [6.45, 7) is 8.38. The fourth-order valence-electron chi connectivity index (χ4n) is 2.60. The van der Waals surface area contributed by atoms with Gasteiger partial charge in [-0.05, 0) is 56.4 Å². The molecule has 0 aliphatic heterocycles. The number of rotatable bonds is 3. The van der Waals surface area contributed by atoms with E-state index in [1.165, 1.54) is 27.8 Å². The fraction of sp³-hybridized carbons (Fsp3) is 0.316. The summed E-state index contributed by atoms with van der Waals surface area (Å²) >= 11 is 0. The molecule has 0 aromatic heterocycles. The molecule has 2 aromatic carbocycles. The molecule has 1 heteroatoms. The lowest BCUT2D eigenvalue weighted by Gasteiger charge is -2.15. The molecule has 1 nitrogen and oxygen atoms in total. The first-order valence-corrected chi connectivity index (χ1v) is 7.04. The van der Waals surface area contributed by atoms with Gasteiger partial charge < -0.3 is 0 Å². The van der Waals surface area contributed by atoms with Crippen LogP contribution in [0.3, 0.4) is 0 Å². The molecule has 102 valence electrons. The van der Waals surface area contributed by atoms with Crippen LogP contribution in [0.4, 0.5) is 0 Å². The van der Waals surface area contributed by atoms with E-state index in [9.17, 15) is 5.26 Å². The maximum Gasteiger partial charge on any atom is 0.0755 e. The monoisotopic (exact) mass is 263 g/mol. The third-order valence-electron chi connectivity index (χ3n) is 3.89. The molecule has 0 amide bonds. The molecule has 2 aromatic rings. The Morgan fingerprint density at radius 3 is 2.15 bits per heavy atom. The lowest BCUT2D eigenvalue weighted by atomic mass is 9.87. The highest BCUT2D eigenvalue weighted by Gasteiger charge is 2.15. The van der Waals surface area contributed by atoms with Crippen molar-refractivity contribution in [1.29, 1.82) is 5.26 Å². The molecule has 0 fully saturated rings. The average Bonchev–Trinajstić information content (AvgIpc) is 2.42. The summed E-state index contributed by atoms with van der Waals surface area (Å²) in [5, 5.41) is 9.57. The molecule has 1 unspecified atom stereocenters. The number of hydrogen-bond acceptors (Lipinski definition) is 1. The molecule has 0 N–H and O–H groups in total. The predicted octanol–water partition coefficient (Wildman–Crippen LogP) is 4.77. The van der Waals surface area contributed by atoms with Crippen LogP contribution in [-0.2, 0) is 6.42 Å². The van der Waals surface area contributed by atoms with Gasteiger partial charge in [0.05, 0.1) is 12.0 Å². The SMILES string of the molecule is Cc1ccc(C)c(CC(C#N)c2cc(C)ccc2C)c1. The normalized spacial score (nSPS) is 11.9. The lowest BCUT2D eigenvalue weighted by molar-refractivity contribution is 0.833. The van der Waals surface area contributed by atoms with E-state index in [0.717, 1.165) is 12.0 Å². The van der Waals surface area contributed by atoms with Crippen LogP contribution in [0.2, 0.25) is 0 Å². The molecule has 0 aliphatic carbocycles. The van der Waals surface area contributed by atoms with Gasteiger partial charge >= 0.3 is 0 Å². The Labute approximate surface area is 121 Å². The van der Waals surface area contributed by atoms with Crippen molar-refractivity contribution >= 4 is 0 Å². The van der Waals surface area contributed by atoms with E-state index in [2.05, 4.69) is 70.2 Å². The van der Waals surface area contributed by atoms with Gasteiger partial charge in [-0.1, -0.05) is 47.5 Å². The van der Waals surface area contributed by atoms with Crippen molar-refractivity contribution in [3.63, 3.8) is 0 Å². The maximum atomic E-state index is 9.57. The molecule has 0 radical (unpaired) electrons. The zero-order valence-electron chi connectivity index (χ0n) is 12.7. The molecule has 1 atom stereocenters. The number of benzene rings is 2. The highest BCUT2D eigenvalue weighted by Crippen LogP contribution is 2.26. The van der Waals surface area contributed by atoms with Gasteiger partial charge in [-0.3, -0.25) is 0 Å². The number of aryl methyl sites for hydroxylation is 4. The van der Waals surface area contributed by atoms with E-state index >= 15 is 0 Å². The standard InChI is InChI=1S/C19H21N/c1-13-5-7-15(3)17(9-13)11-18(12-20)19-10-14(2)6-8-16(19)4/h5-10,18H,11H2,1-4H3. The van der Waals surface area contributed by atoms with Gasteiger partial charge in [0.15, 0.2) is 0 Å². The molecule has 20 heavy (non-hydrogen) atoms. The zero-order valence-corrected chi connectivity index (χ0v) is 12.7. The minimum atomic E-state index is -0.0737. The fourth-order valence-corrected chi connectivity index (χ4v) is 2.60. The van der Waals surface area contributed by atoms with Crippen LogP contribution in [0.25, 0.3) is 0 Å². The molecule has 0 saturated heterocycles. The summed E-state index contributed by atoms with van der Waals surface area (Å²) in [5.41, 5.74) is 7.37. The van der Waals surface area contributed by atoms with Crippen LogP contribution in [0.5, 0.6) is 0 Å². The minimum Gasteiger partial charge on any atom is -0.198 e. The van der Waals surface area contributed by atoms with Crippen LogP contribution in [0.15, 0.2) is 36.4 Å². The van der Waals surface area contributed by atoms with Gasteiger partial charge in [-0.2, -0.15) is 5.26 Å². The van der Waals surface area contributed by atoms with E-state index in [4.69, 9.17) is 0 Å². The van der Waals surface area contributed by atoms with Crippen LogP contribution < -0.4 is 0 Å². The first-order valence-electron chi connectivity index (χ1n) is 7.04. The van der Waals surface area contributed by atoms with Gasteiger partial charge in [0.2, 0.25) is 0 Å². The smallest absolute Gasteiger partial charge is 0.0755 e. The Morgan fingerprint density at radius 2 is 1.50 bits per heavy atom. The summed E-state index contributed by atoms with van der Waals surface area (Å²) in [5.74, 6) is -0.0737. The predicted molar refractivity (Wildman–Crippen MR) is 83.9 cm³/mol. The first kappa shape index (κ1) is 14.3.